The summed E-state index contributed by atoms with van der Waals surface area (Å²) >= 11 is 0. The first-order valence-corrected chi connectivity index (χ1v) is 12.5. The van der Waals surface area contributed by atoms with Crippen LogP contribution in [-0.2, 0) is 14.6 Å². The third-order valence-corrected chi connectivity index (χ3v) is 9.22. The molecule has 4 aliphatic carbocycles. The van der Waals surface area contributed by atoms with Crippen LogP contribution in [0.15, 0.2) is 47.4 Å². The highest BCUT2D eigenvalue weighted by Crippen LogP contribution is 2.59. The lowest BCUT2D eigenvalue weighted by Crippen LogP contribution is -2.51. The number of rotatable bonds is 6. The Bertz CT molecular complexity index is 1010. The number of hydrogen-bond acceptors (Lipinski definition) is 3. The van der Waals surface area contributed by atoms with Gasteiger partial charge in [0.05, 0.1) is 10.6 Å². The first-order chi connectivity index (χ1) is 13.9. The maximum absolute atomic E-state index is 12.7. The first-order valence-electron chi connectivity index (χ1n) is 10.9. The van der Waals surface area contributed by atoms with E-state index in [0.29, 0.717) is 4.90 Å². The Kier molecular flexibility index (Phi) is 4.69. The van der Waals surface area contributed by atoms with Crippen molar-refractivity contribution in [3.63, 3.8) is 0 Å². The van der Waals surface area contributed by atoms with Gasteiger partial charge in [0.15, 0.2) is 9.84 Å². The molecule has 1 amide bonds. The number of hydrogen-bond donors (Lipinski definition) is 1. The van der Waals surface area contributed by atoms with Gasteiger partial charge in [-0.2, -0.15) is 0 Å². The van der Waals surface area contributed by atoms with E-state index in [0.717, 1.165) is 35.1 Å². The highest BCUT2D eigenvalue weighted by Gasteiger charge is 2.50. The fourth-order valence-corrected chi connectivity index (χ4v) is 7.86. The second-order valence-corrected chi connectivity index (χ2v) is 11.9. The summed E-state index contributed by atoms with van der Waals surface area (Å²) in [6, 6.07) is 12.9. The van der Waals surface area contributed by atoms with E-state index in [1.807, 2.05) is 30.3 Å². The third-order valence-electron chi connectivity index (χ3n) is 7.50. The van der Waals surface area contributed by atoms with Crippen molar-refractivity contribution < 1.29 is 13.2 Å². The molecule has 6 rings (SSSR count). The molecule has 4 nitrogen and oxygen atoms in total. The molecule has 0 aliphatic heterocycles. The molecule has 0 spiro atoms. The van der Waals surface area contributed by atoms with E-state index in [1.54, 1.807) is 12.1 Å². The highest BCUT2D eigenvalue weighted by molar-refractivity contribution is 7.91. The minimum Gasteiger partial charge on any atom is -0.356 e. The molecule has 5 heteroatoms. The number of carbonyl (C=O) groups excluding carboxylic acids is 1. The normalized spacial score (nSPS) is 30.6. The molecule has 4 fully saturated rings. The van der Waals surface area contributed by atoms with Crippen LogP contribution in [0.25, 0.3) is 10.8 Å². The summed E-state index contributed by atoms with van der Waals surface area (Å²) in [6.07, 6.45) is 7.92. The fourth-order valence-electron chi connectivity index (χ4n) is 6.59. The molecule has 4 bridgehead atoms. The molecule has 2 aromatic carbocycles. The van der Waals surface area contributed by atoms with E-state index in [2.05, 4.69) is 5.32 Å². The summed E-state index contributed by atoms with van der Waals surface area (Å²) in [5.41, 5.74) is 0.279. The second-order valence-electron chi connectivity index (χ2n) is 9.77. The lowest BCUT2D eigenvalue weighted by atomic mass is 9.49. The van der Waals surface area contributed by atoms with Gasteiger partial charge in [0.25, 0.3) is 0 Å². The monoisotopic (exact) mass is 411 g/mol. The molecule has 1 N–H and O–H groups in total. The van der Waals surface area contributed by atoms with Gasteiger partial charge >= 0.3 is 0 Å². The molecule has 2 aromatic rings. The van der Waals surface area contributed by atoms with Crippen LogP contribution in [0.5, 0.6) is 0 Å². The van der Waals surface area contributed by atoms with Gasteiger partial charge in [0.2, 0.25) is 5.91 Å². The Hall–Kier alpha value is -1.88. The van der Waals surface area contributed by atoms with Crippen LogP contribution < -0.4 is 5.32 Å². The van der Waals surface area contributed by atoms with Gasteiger partial charge in [-0.15, -0.1) is 0 Å². The number of amides is 1. The van der Waals surface area contributed by atoms with Gasteiger partial charge in [-0.05, 0) is 84.6 Å². The number of benzene rings is 2. The van der Waals surface area contributed by atoms with Crippen molar-refractivity contribution in [3.05, 3.63) is 42.5 Å². The van der Waals surface area contributed by atoms with Crippen LogP contribution >= 0.6 is 0 Å². The third kappa shape index (κ3) is 3.81. The van der Waals surface area contributed by atoms with Crippen LogP contribution in [0.4, 0.5) is 0 Å². The zero-order valence-corrected chi connectivity index (χ0v) is 17.6. The molecular formula is C24H29NO3S. The van der Waals surface area contributed by atoms with Crippen molar-refractivity contribution in [1.29, 1.82) is 0 Å². The van der Waals surface area contributed by atoms with Crippen molar-refractivity contribution >= 4 is 26.5 Å². The minimum atomic E-state index is -3.47. The van der Waals surface area contributed by atoms with E-state index in [-0.39, 0.29) is 23.5 Å². The zero-order valence-electron chi connectivity index (χ0n) is 16.8. The Balaban J connectivity index is 1.19. The minimum absolute atomic E-state index is 0.0293. The SMILES string of the molecule is O=C(CCS(=O)(=O)c1ccc2ccccc2c1)NCC12CC3CC(CC(C3)C1)C2. The van der Waals surface area contributed by atoms with Gasteiger partial charge in [0.1, 0.15) is 0 Å². The molecule has 0 radical (unpaired) electrons. The zero-order chi connectivity index (χ0) is 20.1. The summed E-state index contributed by atoms with van der Waals surface area (Å²) in [5.74, 6) is 2.28. The Morgan fingerprint density at radius 2 is 1.55 bits per heavy atom. The molecule has 0 unspecified atom stereocenters. The van der Waals surface area contributed by atoms with Crippen molar-refractivity contribution in [2.45, 2.75) is 49.8 Å². The first kappa shape index (κ1) is 19.1. The highest BCUT2D eigenvalue weighted by atomic mass is 32.2. The molecule has 0 saturated heterocycles. The van der Waals surface area contributed by atoms with E-state index >= 15 is 0 Å². The van der Waals surface area contributed by atoms with Gasteiger partial charge in [-0.25, -0.2) is 8.42 Å². The topological polar surface area (TPSA) is 63.2 Å². The molecule has 0 heterocycles. The fraction of sp³-hybridized carbons (Fsp3) is 0.542. The molecule has 4 saturated carbocycles. The smallest absolute Gasteiger partial charge is 0.221 e. The maximum atomic E-state index is 12.7. The largest absolute Gasteiger partial charge is 0.356 e. The van der Waals surface area contributed by atoms with Gasteiger partial charge in [-0.1, -0.05) is 30.3 Å². The summed E-state index contributed by atoms with van der Waals surface area (Å²) < 4.78 is 25.5. The summed E-state index contributed by atoms with van der Waals surface area (Å²) in [4.78, 5) is 12.7. The molecular weight excluding hydrogens is 382 g/mol. The van der Waals surface area contributed by atoms with E-state index < -0.39 is 9.84 Å². The van der Waals surface area contributed by atoms with Crippen LogP contribution in [0, 0.1) is 23.2 Å². The maximum Gasteiger partial charge on any atom is 0.221 e. The van der Waals surface area contributed by atoms with Crippen molar-refractivity contribution in [3.8, 4) is 0 Å². The van der Waals surface area contributed by atoms with Crippen molar-refractivity contribution in [1.82, 2.24) is 5.32 Å². The lowest BCUT2D eigenvalue weighted by molar-refractivity contribution is -0.122. The van der Waals surface area contributed by atoms with Crippen molar-refractivity contribution in [2.75, 3.05) is 12.3 Å². The van der Waals surface area contributed by atoms with Crippen molar-refractivity contribution in [2.24, 2.45) is 23.2 Å². The van der Waals surface area contributed by atoms with E-state index in [9.17, 15) is 13.2 Å². The van der Waals surface area contributed by atoms with Crippen LogP contribution in [0.3, 0.4) is 0 Å². The summed E-state index contributed by atoms with van der Waals surface area (Å²) in [5, 5.41) is 5.01. The lowest BCUT2D eigenvalue weighted by Gasteiger charge is -2.56. The van der Waals surface area contributed by atoms with Crippen LogP contribution in [-0.4, -0.2) is 26.6 Å². The Labute approximate surface area is 173 Å². The average molecular weight is 412 g/mol. The molecule has 29 heavy (non-hydrogen) atoms. The van der Waals surface area contributed by atoms with Crippen LogP contribution in [0.2, 0.25) is 0 Å². The van der Waals surface area contributed by atoms with E-state index in [1.165, 1.54) is 38.5 Å². The number of sulfone groups is 1. The summed E-state index contributed by atoms with van der Waals surface area (Å²) in [7, 11) is -3.47. The number of fused-ring (bicyclic) bond motifs is 1. The molecule has 0 aromatic heterocycles. The van der Waals surface area contributed by atoms with Gasteiger partial charge in [-0.3, -0.25) is 4.79 Å². The van der Waals surface area contributed by atoms with Gasteiger partial charge < -0.3 is 5.32 Å². The quantitative estimate of drug-likeness (QED) is 0.769. The van der Waals surface area contributed by atoms with Crippen LogP contribution in [0.1, 0.15) is 44.9 Å². The molecule has 154 valence electrons. The van der Waals surface area contributed by atoms with Gasteiger partial charge in [0, 0.05) is 13.0 Å². The Morgan fingerprint density at radius 1 is 0.931 bits per heavy atom. The van der Waals surface area contributed by atoms with E-state index in [4.69, 9.17) is 0 Å². The molecule has 0 atom stereocenters. The second kappa shape index (κ2) is 7.12. The Morgan fingerprint density at radius 3 is 2.21 bits per heavy atom. The number of nitrogens with one attached hydrogen (secondary N) is 1. The molecule has 4 aliphatic rings. The average Bonchev–Trinajstić information content (AvgIpc) is 2.69. The predicted molar refractivity (Wildman–Crippen MR) is 114 cm³/mol. The summed E-state index contributed by atoms with van der Waals surface area (Å²) in [6.45, 7) is 0.728. The number of carbonyl (C=O) groups is 1. The predicted octanol–water partition coefficient (Wildman–Crippen LogP) is 4.34. The standard InChI is InChI=1S/C24H29NO3S/c26-23(25-16-24-13-17-9-18(14-24)11-19(10-17)15-24)7-8-29(27,28)22-6-5-20-3-1-2-4-21(20)12-22/h1-6,12,17-19H,7-11,13-16H2,(H,25,26).